The second kappa shape index (κ2) is 12.1. The van der Waals surface area contributed by atoms with Gasteiger partial charge in [-0.1, -0.05) is 58.9 Å². The number of aryl methyl sites for hydroxylation is 1. The Morgan fingerprint density at radius 2 is 1.82 bits per heavy atom. The predicted molar refractivity (Wildman–Crippen MR) is 137 cm³/mol. The van der Waals surface area contributed by atoms with Crippen LogP contribution in [0.3, 0.4) is 0 Å². The number of rotatable bonds is 6. The Balaban J connectivity index is 0.00000199. The monoisotopic (exact) mass is 486 g/mol. The molecule has 0 aliphatic carbocycles. The van der Waals surface area contributed by atoms with Crippen molar-refractivity contribution in [3.8, 4) is 10.4 Å². The first kappa shape index (κ1) is 27.5. The highest BCUT2D eigenvalue weighted by molar-refractivity contribution is 7.13. The number of hydrogen-bond acceptors (Lipinski definition) is 5. The third-order valence-corrected chi connectivity index (χ3v) is 6.71. The van der Waals surface area contributed by atoms with E-state index in [4.69, 9.17) is 0 Å². The molecule has 2 aromatic rings. The van der Waals surface area contributed by atoms with E-state index in [0.29, 0.717) is 19.5 Å². The molecule has 2 N–H and O–H groups in total. The fourth-order valence-electron chi connectivity index (χ4n) is 3.98. The molecule has 8 heteroatoms. The van der Waals surface area contributed by atoms with Crippen LogP contribution in [0.1, 0.15) is 65.6 Å². The highest BCUT2D eigenvalue weighted by atomic mass is 32.1. The zero-order valence-corrected chi connectivity index (χ0v) is 22.2. The third kappa shape index (κ3) is 6.88. The molecule has 1 saturated heterocycles. The maximum atomic E-state index is 13.2. The number of nitrogens with zero attached hydrogens (tertiary/aromatic N) is 2. The standard InChI is InChI=1S/C24H32N4O3S.C2H6/c1-15-20(32-14-26-15)18-10-8-17(9-11-18)13-25-22(30)19-7-6-12-28(19)23(31)21(24(3,4)5)27-16(2)29;1-2/h8-11,14,19,21H,6-7,12-13H2,1-5H3,(H,25,30)(H,27,29);1-2H3/t19?,21-;/m1./s1. The van der Waals surface area contributed by atoms with Crippen LogP contribution in [0.4, 0.5) is 0 Å². The molecule has 1 aromatic heterocycles. The Morgan fingerprint density at radius 1 is 1.18 bits per heavy atom. The molecule has 0 spiro atoms. The van der Waals surface area contributed by atoms with Crippen LogP contribution in [-0.2, 0) is 20.9 Å². The highest BCUT2D eigenvalue weighted by Crippen LogP contribution is 2.28. The first-order chi connectivity index (χ1) is 16.1. The van der Waals surface area contributed by atoms with Gasteiger partial charge in [0.05, 0.1) is 16.1 Å². The number of thiazole rings is 1. The number of carbonyl (C=O) groups is 3. The van der Waals surface area contributed by atoms with Crippen molar-refractivity contribution in [3.63, 3.8) is 0 Å². The molecule has 3 amide bonds. The summed E-state index contributed by atoms with van der Waals surface area (Å²) in [6, 6.07) is 6.89. The predicted octanol–water partition coefficient (Wildman–Crippen LogP) is 4.30. The minimum absolute atomic E-state index is 0.159. The summed E-state index contributed by atoms with van der Waals surface area (Å²) < 4.78 is 0. The molecule has 2 heterocycles. The van der Waals surface area contributed by atoms with Gasteiger partial charge < -0.3 is 15.5 Å². The normalized spacial score (nSPS) is 16.3. The van der Waals surface area contributed by atoms with Crippen LogP contribution in [0.15, 0.2) is 29.8 Å². The lowest BCUT2D eigenvalue weighted by Gasteiger charge is -2.35. The molecule has 1 aliphatic rings. The molecule has 1 aromatic carbocycles. The van der Waals surface area contributed by atoms with Gasteiger partial charge in [0.25, 0.3) is 0 Å². The third-order valence-electron chi connectivity index (χ3n) is 5.73. The van der Waals surface area contributed by atoms with E-state index < -0.39 is 17.5 Å². The second-order valence-electron chi connectivity index (χ2n) is 9.37. The fourth-order valence-corrected chi connectivity index (χ4v) is 4.79. The van der Waals surface area contributed by atoms with Gasteiger partial charge in [0, 0.05) is 20.0 Å². The van der Waals surface area contributed by atoms with Crippen LogP contribution >= 0.6 is 11.3 Å². The van der Waals surface area contributed by atoms with Crippen LogP contribution in [0.2, 0.25) is 0 Å². The smallest absolute Gasteiger partial charge is 0.246 e. The first-order valence-corrected chi connectivity index (χ1v) is 12.8. The minimum atomic E-state index is -0.670. The number of hydrogen-bond donors (Lipinski definition) is 2. The average Bonchev–Trinajstić information content (AvgIpc) is 3.45. The number of amides is 3. The molecule has 0 radical (unpaired) electrons. The van der Waals surface area contributed by atoms with Gasteiger partial charge in [-0.05, 0) is 36.3 Å². The van der Waals surface area contributed by atoms with Gasteiger partial charge >= 0.3 is 0 Å². The lowest BCUT2D eigenvalue weighted by Crippen LogP contribution is -2.57. The maximum absolute atomic E-state index is 13.2. The Bertz CT molecular complexity index is 979. The number of nitrogens with one attached hydrogen (secondary N) is 2. The summed E-state index contributed by atoms with van der Waals surface area (Å²) in [6.07, 6.45) is 1.39. The summed E-state index contributed by atoms with van der Waals surface area (Å²) in [5.41, 5.74) is 4.49. The van der Waals surface area contributed by atoms with Crippen molar-refractivity contribution < 1.29 is 14.4 Å². The summed E-state index contributed by atoms with van der Waals surface area (Å²) >= 11 is 1.61. The summed E-state index contributed by atoms with van der Waals surface area (Å²) in [4.78, 5) is 44.9. The summed E-state index contributed by atoms with van der Waals surface area (Å²) in [5.74, 6) is -0.612. The van der Waals surface area contributed by atoms with E-state index in [0.717, 1.165) is 28.1 Å². The van der Waals surface area contributed by atoms with E-state index in [1.54, 1.807) is 16.2 Å². The van der Waals surface area contributed by atoms with Crippen LogP contribution in [0.5, 0.6) is 0 Å². The van der Waals surface area contributed by atoms with E-state index >= 15 is 0 Å². The van der Waals surface area contributed by atoms with Crippen molar-refractivity contribution in [2.45, 2.75) is 79.9 Å². The topological polar surface area (TPSA) is 91.4 Å². The lowest BCUT2D eigenvalue weighted by molar-refractivity contribution is -0.143. The Kier molecular flexibility index (Phi) is 9.79. The molecular formula is C26H38N4O3S. The molecule has 186 valence electrons. The van der Waals surface area contributed by atoms with Crippen molar-refractivity contribution in [1.29, 1.82) is 0 Å². The van der Waals surface area contributed by atoms with E-state index in [1.807, 2.05) is 71.3 Å². The number of likely N-dealkylation sites (tertiary alicyclic amines) is 1. The molecule has 7 nitrogen and oxygen atoms in total. The summed E-state index contributed by atoms with van der Waals surface area (Å²) in [6.45, 7) is 14.0. The number of aromatic nitrogens is 1. The molecule has 0 saturated carbocycles. The largest absolute Gasteiger partial charge is 0.350 e. The Morgan fingerprint density at radius 3 is 2.35 bits per heavy atom. The lowest BCUT2D eigenvalue weighted by atomic mass is 9.85. The molecule has 1 aliphatic heterocycles. The molecule has 1 fully saturated rings. The SMILES string of the molecule is CC.CC(=O)N[C@H](C(=O)N1CCCC1C(=O)NCc1ccc(-c2scnc2C)cc1)C(C)(C)C. The van der Waals surface area contributed by atoms with Crippen molar-refractivity contribution in [2.24, 2.45) is 5.41 Å². The highest BCUT2D eigenvalue weighted by Gasteiger charge is 2.41. The molecule has 3 rings (SSSR count). The van der Waals surface area contributed by atoms with E-state index in [9.17, 15) is 14.4 Å². The molecular weight excluding hydrogens is 448 g/mol. The zero-order chi connectivity index (χ0) is 25.5. The van der Waals surface area contributed by atoms with Gasteiger partial charge in [-0.3, -0.25) is 14.4 Å². The van der Waals surface area contributed by atoms with Crippen LogP contribution in [0.25, 0.3) is 10.4 Å². The summed E-state index contributed by atoms with van der Waals surface area (Å²) in [7, 11) is 0. The molecule has 2 atom stereocenters. The maximum Gasteiger partial charge on any atom is 0.246 e. The van der Waals surface area contributed by atoms with Gasteiger partial charge in [-0.25, -0.2) is 4.98 Å². The fraction of sp³-hybridized carbons (Fsp3) is 0.538. The second-order valence-corrected chi connectivity index (χ2v) is 10.2. The van der Waals surface area contributed by atoms with Crippen molar-refractivity contribution in [2.75, 3.05) is 6.54 Å². The number of benzene rings is 1. The van der Waals surface area contributed by atoms with Gasteiger partial charge in [-0.2, -0.15) is 0 Å². The Labute approximate surface area is 207 Å². The quantitative estimate of drug-likeness (QED) is 0.637. The van der Waals surface area contributed by atoms with Crippen molar-refractivity contribution in [3.05, 3.63) is 41.0 Å². The van der Waals surface area contributed by atoms with Gasteiger partial charge in [0.15, 0.2) is 0 Å². The number of carbonyl (C=O) groups excluding carboxylic acids is 3. The van der Waals surface area contributed by atoms with Crippen molar-refractivity contribution in [1.82, 2.24) is 20.5 Å². The molecule has 34 heavy (non-hydrogen) atoms. The van der Waals surface area contributed by atoms with Crippen LogP contribution in [0, 0.1) is 12.3 Å². The van der Waals surface area contributed by atoms with Gasteiger partial charge in [-0.15, -0.1) is 11.3 Å². The minimum Gasteiger partial charge on any atom is -0.350 e. The average molecular weight is 487 g/mol. The van der Waals surface area contributed by atoms with Gasteiger partial charge in [0.1, 0.15) is 12.1 Å². The molecule has 0 bridgehead atoms. The van der Waals surface area contributed by atoms with Crippen LogP contribution < -0.4 is 10.6 Å². The van der Waals surface area contributed by atoms with E-state index in [2.05, 4.69) is 15.6 Å². The van der Waals surface area contributed by atoms with Crippen molar-refractivity contribution >= 4 is 29.1 Å². The van der Waals surface area contributed by atoms with Crippen LogP contribution in [-0.4, -0.2) is 46.2 Å². The molecule has 1 unspecified atom stereocenters. The van der Waals surface area contributed by atoms with Gasteiger partial charge in [0.2, 0.25) is 17.7 Å². The first-order valence-electron chi connectivity index (χ1n) is 11.9. The zero-order valence-electron chi connectivity index (χ0n) is 21.4. The van der Waals surface area contributed by atoms with E-state index in [-0.39, 0.29) is 17.7 Å². The Hall–Kier alpha value is -2.74. The van der Waals surface area contributed by atoms with E-state index in [1.165, 1.54) is 6.92 Å². The summed E-state index contributed by atoms with van der Waals surface area (Å²) in [5, 5.41) is 5.75.